The molecule has 1 rings (SSSR count). The van der Waals surface area contributed by atoms with Crippen LogP contribution in [0.4, 0.5) is 0 Å². The lowest BCUT2D eigenvalue weighted by Crippen LogP contribution is -2.41. The molecule has 0 aromatic heterocycles. The van der Waals surface area contributed by atoms with Crippen LogP contribution in [-0.2, 0) is 14.3 Å². The molecular formula is C12H22N2O3. The number of hydrogen-bond acceptors (Lipinski definition) is 3. The lowest BCUT2D eigenvalue weighted by molar-refractivity contribution is -0.132. The predicted molar refractivity (Wildman–Crippen MR) is 64.5 cm³/mol. The summed E-state index contributed by atoms with van der Waals surface area (Å²) >= 11 is 0. The van der Waals surface area contributed by atoms with E-state index in [0.717, 1.165) is 0 Å². The Morgan fingerprint density at radius 3 is 2.82 bits per heavy atom. The molecular weight excluding hydrogens is 220 g/mol. The molecule has 0 aromatic rings. The van der Waals surface area contributed by atoms with Crippen LogP contribution >= 0.6 is 0 Å². The van der Waals surface area contributed by atoms with E-state index in [-0.39, 0.29) is 24.4 Å². The lowest BCUT2D eigenvalue weighted by atomic mass is 10.2. The standard InChI is InChI=1S/C12H22N2O3/c1-9(2)8-17-5-4-14-10(3)6-11(15)13-7-12(14)16/h9-10H,4-8H2,1-3H3,(H,13,15). The number of ether oxygens (including phenoxy) is 1. The predicted octanol–water partition coefficient (Wildman–Crippen LogP) is 0.396. The van der Waals surface area contributed by atoms with Crippen molar-refractivity contribution in [3.63, 3.8) is 0 Å². The third-order valence-corrected chi connectivity index (χ3v) is 2.70. The van der Waals surface area contributed by atoms with Crippen molar-refractivity contribution in [2.75, 3.05) is 26.3 Å². The Morgan fingerprint density at radius 1 is 1.47 bits per heavy atom. The van der Waals surface area contributed by atoms with E-state index in [4.69, 9.17) is 4.74 Å². The van der Waals surface area contributed by atoms with Crippen molar-refractivity contribution < 1.29 is 14.3 Å². The molecule has 0 radical (unpaired) electrons. The molecule has 5 nitrogen and oxygen atoms in total. The van der Waals surface area contributed by atoms with E-state index in [0.29, 0.717) is 32.1 Å². The summed E-state index contributed by atoms with van der Waals surface area (Å²) in [5.41, 5.74) is 0. The molecule has 0 spiro atoms. The first-order valence-corrected chi connectivity index (χ1v) is 6.14. The summed E-state index contributed by atoms with van der Waals surface area (Å²) in [6.07, 6.45) is 0.371. The molecule has 1 aliphatic rings. The molecule has 1 unspecified atom stereocenters. The van der Waals surface area contributed by atoms with Gasteiger partial charge in [0, 0.05) is 25.6 Å². The van der Waals surface area contributed by atoms with Crippen molar-refractivity contribution in [3.8, 4) is 0 Å². The van der Waals surface area contributed by atoms with Crippen LogP contribution in [0.3, 0.4) is 0 Å². The van der Waals surface area contributed by atoms with E-state index in [9.17, 15) is 9.59 Å². The number of hydrogen-bond donors (Lipinski definition) is 1. The first kappa shape index (κ1) is 14.0. The molecule has 1 N–H and O–H groups in total. The number of nitrogens with zero attached hydrogens (tertiary/aromatic N) is 1. The summed E-state index contributed by atoms with van der Waals surface area (Å²) < 4.78 is 5.46. The first-order valence-electron chi connectivity index (χ1n) is 6.14. The molecule has 0 aliphatic carbocycles. The average molecular weight is 242 g/mol. The first-order chi connectivity index (χ1) is 8.00. The fourth-order valence-electron chi connectivity index (χ4n) is 1.80. The van der Waals surface area contributed by atoms with Gasteiger partial charge < -0.3 is 15.0 Å². The lowest BCUT2D eigenvalue weighted by Gasteiger charge is -2.26. The molecule has 0 saturated carbocycles. The second kappa shape index (κ2) is 6.59. The van der Waals surface area contributed by atoms with Crippen LogP contribution in [0.1, 0.15) is 27.2 Å². The van der Waals surface area contributed by atoms with Gasteiger partial charge in [-0.05, 0) is 12.8 Å². The maximum atomic E-state index is 11.8. The summed E-state index contributed by atoms with van der Waals surface area (Å²) in [5, 5.41) is 2.59. The Hall–Kier alpha value is -1.10. The van der Waals surface area contributed by atoms with E-state index in [2.05, 4.69) is 19.2 Å². The summed E-state index contributed by atoms with van der Waals surface area (Å²) in [6.45, 7) is 7.96. The van der Waals surface area contributed by atoms with Gasteiger partial charge in [0.1, 0.15) is 0 Å². The van der Waals surface area contributed by atoms with E-state index in [1.165, 1.54) is 0 Å². The van der Waals surface area contributed by atoms with Crippen LogP contribution in [0.25, 0.3) is 0 Å². The second-order valence-electron chi connectivity index (χ2n) is 4.89. The number of rotatable bonds is 5. The van der Waals surface area contributed by atoms with Crippen molar-refractivity contribution in [1.82, 2.24) is 10.2 Å². The molecule has 1 saturated heterocycles. The Kier molecular flexibility index (Phi) is 5.41. The SMILES string of the molecule is CC(C)COCCN1C(=O)CNC(=O)CC1C. The molecule has 1 aliphatic heterocycles. The summed E-state index contributed by atoms with van der Waals surface area (Å²) in [7, 11) is 0. The van der Waals surface area contributed by atoms with Gasteiger partial charge in [0.15, 0.2) is 0 Å². The van der Waals surface area contributed by atoms with Crippen LogP contribution < -0.4 is 5.32 Å². The fourth-order valence-corrected chi connectivity index (χ4v) is 1.80. The van der Waals surface area contributed by atoms with Crippen molar-refractivity contribution >= 4 is 11.8 Å². The normalized spacial score (nSPS) is 21.6. The van der Waals surface area contributed by atoms with Gasteiger partial charge in [-0.15, -0.1) is 0 Å². The van der Waals surface area contributed by atoms with Crippen LogP contribution in [0, 0.1) is 5.92 Å². The zero-order valence-electron chi connectivity index (χ0n) is 10.9. The van der Waals surface area contributed by atoms with Crippen LogP contribution in [0.2, 0.25) is 0 Å². The van der Waals surface area contributed by atoms with Gasteiger partial charge in [-0.3, -0.25) is 9.59 Å². The Bertz CT molecular complexity index is 279. The van der Waals surface area contributed by atoms with Crippen molar-refractivity contribution in [2.45, 2.75) is 33.2 Å². The molecule has 1 fully saturated rings. The van der Waals surface area contributed by atoms with Crippen molar-refractivity contribution in [2.24, 2.45) is 5.92 Å². The van der Waals surface area contributed by atoms with Gasteiger partial charge in [-0.2, -0.15) is 0 Å². The molecule has 1 atom stereocenters. The summed E-state index contributed by atoms with van der Waals surface area (Å²) in [6, 6.07) is -0.0485. The van der Waals surface area contributed by atoms with E-state index >= 15 is 0 Å². The number of carbonyl (C=O) groups is 2. The zero-order chi connectivity index (χ0) is 12.8. The molecule has 17 heavy (non-hydrogen) atoms. The quantitative estimate of drug-likeness (QED) is 0.710. The van der Waals surface area contributed by atoms with Crippen molar-refractivity contribution in [1.29, 1.82) is 0 Å². The van der Waals surface area contributed by atoms with Gasteiger partial charge in [0.05, 0.1) is 13.2 Å². The van der Waals surface area contributed by atoms with Gasteiger partial charge in [0.2, 0.25) is 11.8 Å². The fraction of sp³-hybridized carbons (Fsp3) is 0.833. The summed E-state index contributed by atoms with van der Waals surface area (Å²) in [4.78, 5) is 24.8. The summed E-state index contributed by atoms with van der Waals surface area (Å²) in [5.74, 6) is 0.406. The zero-order valence-corrected chi connectivity index (χ0v) is 10.9. The minimum absolute atomic E-state index is 0.0310. The minimum Gasteiger partial charge on any atom is -0.379 e. The topological polar surface area (TPSA) is 58.6 Å². The third-order valence-electron chi connectivity index (χ3n) is 2.70. The minimum atomic E-state index is -0.0588. The van der Waals surface area contributed by atoms with Crippen LogP contribution in [0.15, 0.2) is 0 Å². The molecule has 98 valence electrons. The largest absolute Gasteiger partial charge is 0.379 e. The van der Waals surface area contributed by atoms with E-state index in [1.54, 1.807) is 4.90 Å². The number of carbonyl (C=O) groups excluding carboxylic acids is 2. The molecule has 0 bridgehead atoms. The van der Waals surface area contributed by atoms with Crippen LogP contribution in [-0.4, -0.2) is 49.1 Å². The average Bonchev–Trinajstić information content (AvgIpc) is 2.35. The van der Waals surface area contributed by atoms with E-state index in [1.807, 2.05) is 6.92 Å². The Balaban J connectivity index is 2.38. The van der Waals surface area contributed by atoms with Crippen LogP contribution in [0.5, 0.6) is 0 Å². The molecule has 2 amide bonds. The van der Waals surface area contributed by atoms with Gasteiger partial charge >= 0.3 is 0 Å². The van der Waals surface area contributed by atoms with Crippen molar-refractivity contribution in [3.05, 3.63) is 0 Å². The smallest absolute Gasteiger partial charge is 0.242 e. The highest BCUT2D eigenvalue weighted by atomic mass is 16.5. The van der Waals surface area contributed by atoms with E-state index < -0.39 is 0 Å². The highest BCUT2D eigenvalue weighted by Gasteiger charge is 2.25. The molecule has 1 heterocycles. The maximum Gasteiger partial charge on any atom is 0.242 e. The van der Waals surface area contributed by atoms with Gasteiger partial charge in [-0.25, -0.2) is 0 Å². The van der Waals surface area contributed by atoms with Gasteiger partial charge in [0.25, 0.3) is 0 Å². The monoisotopic (exact) mass is 242 g/mol. The number of nitrogens with one attached hydrogen (secondary N) is 1. The maximum absolute atomic E-state index is 11.8. The Labute approximate surface area is 102 Å². The second-order valence-corrected chi connectivity index (χ2v) is 4.89. The highest BCUT2D eigenvalue weighted by molar-refractivity contribution is 5.87. The molecule has 5 heteroatoms. The highest BCUT2D eigenvalue weighted by Crippen LogP contribution is 2.07. The van der Waals surface area contributed by atoms with Gasteiger partial charge in [-0.1, -0.05) is 13.8 Å². The number of amides is 2. The Morgan fingerprint density at radius 2 is 2.18 bits per heavy atom. The third kappa shape index (κ3) is 4.73. The molecule has 0 aromatic carbocycles.